The quantitative estimate of drug-likeness (QED) is 0.873. The molecule has 1 aliphatic carbocycles. The van der Waals surface area contributed by atoms with E-state index in [9.17, 15) is 19.1 Å². The lowest BCUT2D eigenvalue weighted by Crippen LogP contribution is -2.45. The zero-order valence-corrected chi connectivity index (χ0v) is 13.0. The Morgan fingerprint density at radius 2 is 1.87 bits per heavy atom. The number of hydrogen-bond donors (Lipinski definition) is 2. The monoisotopic (exact) mass is 323 g/mol. The van der Waals surface area contributed by atoms with Crippen molar-refractivity contribution in [2.45, 2.75) is 44.6 Å². The summed E-state index contributed by atoms with van der Waals surface area (Å²) < 4.78 is 18.6. The first-order chi connectivity index (χ1) is 11.1. The summed E-state index contributed by atoms with van der Waals surface area (Å²) in [6, 6.07) is 5.45. The van der Waals surface area contributed by atoms with Gasteiger partial charge in [-0.2, -0.15) is 0 Å². The lowest BCUT2D eigenvalue weighted by atomic mass is 9.87. The van der Waals surface area contributed by atoms with Gasteiger partial charge in [-0.05, 0) is 25.0 Å². The second kappa shape index (κ2) is 8.50. The molecule has 2 N–H and O–H groups in total. The molecular weight excluding hydrogens is 301 g/mol. The van der Waals surface area contributed by atoms with Crippen LogP contribution in [0.3, 0.4) is 0 Å². The molecule has 126 valence electrons. The normalized spacial score (nSPS) is 21.8. The maximum absolute atomic E-state index is 13.4. The van der Waals surface area contributed by atoms with Gasteiger partial charge < -0.3 is 15.2 Å². The van der Waals surface area contributed by atoms with E-state index in [4.69, 9.17) is 4.74 Å². The van der Waals surface area contributed by atoms with E-state index in [0.717, 1.165) is 25.7 Å². The van der Waals surface area contributed by atoms with Crippen LogP contribution < -0.4 is 10.1 Å². The molecule has 5 nitrogen and oxygen atoms in total. The number of aliphatic carboxylic acids is 1. The maximum atomic E-state index is 13.4. The fourth-order valence-corrected chi connectivity index (χ4v) is 2.91. The summed E-state index contributed by atoms with van der Waals surface area (Å²) in [6.45, 7) is -0.330. The molecule has 0 heterocycles. The van der Waals surface area contributed by atoms with Crippen LogP contribution in [0.15, 0.2) is 24.3 Å². The summed E-state index contributed by atoms with van der Waals surface area (Å²) in [6.07, 6.45) is 5.03. The van der Waals surface area contributed by atoms with Crippen LogP contribution in [0.2, 0.25) is 0 Å². The lowest BCUT2D eigenvalue weighted by Gasteiger charge is -2.27. The van der Waals surface area contributed by atoms with Crippen LogP contribution in [0.4, 0.5) is 4.39 Å². The van der Waals surface area contributed by atoms with E-state index < -0.39 is 29.7 Å². The molecule has 1 fully saturated rings. The summed E-state index contributed by atoms with van der Waals surface area (Å²) in [5.41, 5.74) is 0. The average molecular weight is 323 g/mol. The van der Waals surface area contributed by atoms with E-state index in [1.54, 1.807) is 6.07 Å². The molecule has 0 aromatic heterocycles. The number of nitrogens with one attached hydrogen (secondary N) is 1. The van der Waals surface area contributed by atoms with Gasteiger partial charge >= 0.3 is 5.97 Å². The van der Waals surface area contributed by atoms with E-state index >= 15 is 0 Å². The summed E-state index contributed by atoms with van der Waals surface area (Å²) in [4.78, 5) is 23.4. The predicted molar refractivity (Wildman–Crippen MR) is 82.7 cm³/mol. The van der Waals surface area contributed by atoms with Crippen LogP contribution in [0.1, 0.15) is 38.5 Å². The van der Waals surface area contributed by atoms with E-state index in [1.807, 2.05) is 0 Å². The fourth-order valence-electron chi connectivity index (χ4n) is 2.91. The van der Waals surface area contributed by atoms with Crippen LogP contribution in [0, 0.1) is 11.7 Å². The standard InChI is InChI=1S/C17H22FNO4/c18-13-8-5-6-10-15(13)23-11-16(20)19-14-9-4-2-1-3-7-12(14)17(21)22/h5-6,8,10,12,14H,1-4,7,9,11H2,(H,19,20)(H,21,22). The zero-order chi connectivity index (χ0) is 16.7. The zero-order valence-electron chi connectivity index (χ0n) is 13.0. The Kier molecular flexibility index (Phi) is 6.38. The van der Waals surface area contributed by atoms with Gasteiger partial charge in [0.2, 0.25) is 0 Å². The Hall–Kier alpha value is -2.11. The number of rotatable bonds is 5. The minimum atomic E-state index is -0.882. The highest BCUT2D eigenvalue weighted by Crippen LogP contribution is 2.23. The van der Waals surface area contributed by atoms with Crippen molar-refractivity contribution in [1.29, 1.82) is 0 Å². The number of amides is 1. The third kappa shape index (κ3) is 5.23. The highest BCUT2D eigenvalue weighted by atomic mass is 19.1. The van der Waals surface area contributed by atoms with E-state index in [0.29, 0.717) is 12.8 Å². The molecule has 0 bridgehead atoms. The first-order valence-corrected chi connectivity index (χ1v) is 7.97. The van der Waals surface area contributed by atoms with Crippen molar-refractivity contribution in [1.82, 2.24) is 5.32 Å². The van der Waals surface area contributed by atoms with Crippen LogP contribution in [0.5, 0.6) is 5.75 Å². The number of carbonyl (C=O) groups excluding carboxylic acids is 1. The predicted octanol–water partition coefficient (Wildman–Crippen LogP) is 2.74. The van der Waals surface area contributed by atoms with Crippen molar-refractivity contribution in [3.05, 3.63) is 30.1 Å². The van der Waals surface area contributed by atoms with Crippen molar-refractivity contribution < 1.29 is 23.8 Å². The minimum Gasteiger partial charge on any atom is -0.481 e. The molecule has 0 aliphatic heterocycles. The molecule has 2 atom stereocenters. The molecule has 1 saturated carbocycles. The largest absolute Gasteiger partial charge is 0.481 e. The van der Waals surface area contributed by atoms with Crippen LogP contribution in [-0.4, -0.2) is 29.6 Å². The number of halogens is 1. The van der Waals surface area contributed by atoms with Gasteiger partial charge in [-0.25, -0.2) is 4.39 Å². The Morgan fingerprint density at radius 1 is 1.17 bits per heavy atom. The maximum Gasteiger partial charge on any atom is 0.308 e. The second-order valence-corrected chi connectivity index (χ2v) is 5.83. The van der Waals surface area contributed by atoms with Gasteiger partial charge in [-0.1, -0.05) is 37.8 Å². The topological polar surface area (TPSA) is 75.6 Å². The number of carboxylic acid groups (broad SMARTS) is 1. The van der Waals surface area contributed by atoms with Crippen LogP contribution in [-0.2, 0) is 9.59 Å². The van der Waals surface area contributed by atoms with Gasteiger partial charge in [-0.15, -0.1) is 0 Å². The summed E-state index contributed by atoms with van der Waals surface area (Å²) >= 11 is 0. The van der Waals surface area contributed by atoms with Crippen molar-refractivity contribution in [2.24, 2.45) is 5.92 Å². The summed E-state index contributed by atoms with van der Waals surface area (Å²) in [7, 11) is 0. The Morgan fingerprint density at radius 3 is 2.57 bits per heavy atom. The molecular formula is C17H22FNO4. The van der Waals surface area contributed by atoms with Crippen molar-refractivity contribution >= 4 is 11.9 Å². The van der Waals surface area contributed by atoms with Crippen LogP contribution >= 0.6 is 0 Å². The van der Waals surface area contributed by atoms with Gasteiger partial charge in [0.1, 0.15) is 0 Å². The molecule has 6 heteroatoms. The van der Waals surface area contributed by atoms with Gasteiger partial charge in [-0.3, -0.25) is 9.59 Å². The number of benzene rings is 1. The van der Waals surface area contributed by atoms with Crippen molar-refractivity contribution in [3.8, 4) is 5.75 Å². The number of hydrogen-bond acceptors (Lipinski definition) is 3. The molecule has 1 amide bonds. The highest BCUT2D eigenvalue weighted by molar-refractivity contribution is 5.79. The van der Waals surface area contributed by atoms with E-state index in [-0.39, 0.29) is 12.4 Å². The molecule has 23 heavy (non-hydrogen) atoms. The first kappa shape index (κ1) is 17.2. The Balaban J connectivity index is 1.91. The number of carbonyl (C=O) groups is 2. The number of para-hydroxylation sites is 1. The molecule has 2 unspecified atom stereocenters. The average Bonchev–Trinajstić information content (AvgIpc) is 2.49. The molecule has 0 spiro atoms. The Bertz CT molecular complexity index is 549. The molecule has 1 aromatic rings. The van der Waals surface area contributed by atoms with Gasteiger partial charge in [0.15, 0.2) is 18.2 Å². The Labute approximate surface area is 134 Å². The third-order valence-corrected chi connectivity index (χ3v) is 4.12. The number of carboxylic acids is 1. The fraction of sp³-hybridized carbons (Fsp3) is 0.529. The first-order valence-electron chi connectivity index (χ1n) is 7.97. The highest BCUT2D eigenvalue weighted by Gasteiger charge is 2.29. The third-order valence-electron chi connectivity index (χ3n) is 4.12. The van der Waals surface area contributed by atoms with Gasteiger partial charge in [0, 0.05) is 6.04 Å². The summed E-state index contributed by atoms with van der Waals surface area (Å²) in [5.74, 6) is -2.41. The molecule has 1 aliphatic rings. The summed E-state index contributed by atoms with van der Waals surface area (Å²) in [5, 5.41) is 12.1. The molecule has 0 saturated heterocycles. The lowest BCUT2D eigenvalue weighted by molar-refractivity contribution is -0.143. The van der Waals surface area contributed by atoms with Crippen molar-refractivity contribution in [3.63, 3.8) is 0 Å². The SMILES string of the molecule is O=C(COc1ccccc1F)NC1CCCCCCC1C(=O)O. The number of ether oxygens (including phenoxy) is 1. The molecule has 2 rings (SSSR count). The smallest absolute Gasteiger partial charge is 0.308 e. The molecule has 0 radical (unpaired) electrons. The van der Waals surface area contributed by atoms with Crippen LogP contribution in [0.25, 0.3) is 0 Å². The minimum absolute atomic E-state index is 0.00935. The van der Waals surface area contributed by atoms with E-state index in [1.165, 1.54) is 18.2 Å². The van der Waals surface area contributed by atoms with E-state index in [2.05, 4.69) is 5.32 Å². The van der Waals surface area contributed by atoms with Gasteiger partial charge in [0.05, 0.1) is 5.92 Å². The van der Waals surface area contributed by atoms with Crippen molar-refractivity contribution in [2.75, 3.05) is 6.61 Å². The van der Waals surface area contributed by atoms with Gasteiger partial charge in [0.25, 0.3) is 5.91 Å². The molecule has 1 aromatic carbocycles. The second-order valence-electron chi connectivity index (χ2n) is 5.83.